The number of nitrogens with zero attached hydrogens (tertiary/aromatic N) is 1. The van der Waals surface area contributed by atoms with E-state index >= 15 is 0 Å². The Bertz CT molecular complexity index is 645. The second kappa shape index (κ2) is 5.63. The summed E-state index contributed by atoms with van der Waals surface area (Å²) in [4.78, 5) is 12.0. The van der Waals surface area contributed by atoms with Gasteiger partial charge in [-0.2, -0.15) is 0 Å². The van der Waals surface area contributed by atoms with E-state index in [4.69, 9.17) is 13.7 Å². The molecule has 5 heteroatoms. The lowest BCUT2D eigenvalue weighted by molar-refractivity contribution is -0.146. The largest absolute Gasteiger partial charge is 0.461 e. The number of fused-ring (bicyclic) bond motifs is 2. The van der Waals surface area contributed by atoms with E-state index in [1.165, 1.54) is 25.7 Å². The van der Waals surface area contributed by atoms with Gasteiger partial charge in [0.15, 0.2) is 5.76 Å². The van der Waals surface area contributed by atoms with Crippen LogP contribution in [0.1, 0.15) is 37.8 Å². The molecule has 2 heterocycles. The van der Waals surface area contributed by atoms with E-state index in [9.17, 15) is 4.79 Å². The van der Waals surface area contributed by atoms with Crippen LogP contribution in [0.25, 0.3) is 11.5 Å². The van der Waals surface area contributed by atoms with Gasteiger partial charge in [0.2, 0.25) is 5.76 Å². The van der Waals surface area contributed by atoms with Crippen LogP contribution in [0, 0.1) is 17.8 Å². The Labute approximate surface area is 128 Å². The number of hydrogen-bond donors (Lipinski definition) is 0. The normalized spacial score (nSPS) is 26.5. The molecule has 22 heavy (non-hydrogen) atoms. The van der Waals surface area contributed by atoms with Crippen molar-refractivity contribution in [3.63, 3.8) is 0 Å². The number of ether oxygens (including phenoxy) is 1. The van der Waals surface area contributed by atoms with E-state index in [2.05, 4.69) is 5.16 Å². The summed E-state index contributed by atoms with van der Waals surface area (Å²) in [5, 5.41) is 3.90. The molecule has 4 rings (SSSR count). The summed E-state index contributed by atoms with van der Waals surface area (Å²) < 4.78 is 15.8. The van der Waals surface area contributed by atoms with Crippen molar-refractivity contribution in [2.75, 3.05) is 0 Å². The van der Waals surface area contributed by atoms with E-state index in [1.807, 2.05) is 0 Å². The van der Waals surface area contributed by atoms with Gasteiger partial charge in [-0.1, -0.05) is 11.6 Å². The zero-order valence-corrected chi connectivity index (χ0v) is 12.4. The number of aromatic nitrogens is 1. The van der Waals surface area contributed by atoms with Crippen LogP contribution in [-0.2, 0) is 16.1 Å². The summed E-state index contributed by atoms with van der Waals surface area (Å²) in [6, 6.07) is 5.32. The van der Waals surface area contributed by atoms with Crippen molar-refractivity contribution in [2.24, 2.45) is 17.8 Å². The fraction of sp³-hybridized carbons (Fsp3) is 0.529. The van der Waals surface area contributed by atoms with Crippen molar-refractivity contribution in [3.05, 3.63) is 30.2 Å². The highest BCUT2D eigenvalue weighted by molar-refractivity contribution is 5.69. The molecule has 0 aliphatic heterocycles. The lowest BCUT2D eigenvalue weighted by Gasteiger charge is -2.20. The Balaban J connectivity index is 1.28. The molecule has 0 aromatic carbocycles. The van der Waals surface area contributed by atoms with Crippen molar-refractivity contribution in [1.82, 2.24) is 5.16 Å². The molecule has 0 spiro atoms. The lowest BCUT2D eigenvalue weighted by Crippen LogP contribution is -2.16. The van der Waals surface area contributed by atoms with Crippen LogP contribution in [-0.4, -0.2) is 11.1 Å². The van der Waals surface area contributed by atoms with E-state index in [-0.39, 0.29) is 12.6 Å². The minimum atomic E-state index is -0.125. The van der Waals surface area contributed by atoms with Crippen LogP contribution >= 0.6 is 0 Å². The lowest BCUT2D eigenvalue weighted by atomic mass is 9.86. The number of rotatable bonds is 5. The van der Waals surface area contributed by atoms with E-state index in [1.54, 1.807) is 24.5 Å². The van der Waals surface area contributed by atoms with Crippen LogP contribution < -0.4 is 0 Å². The number of hydrogen-bond acceptors (Lipinski definition) is 5. The summed E-state index contributed by atoms with van der Waals surface area (Å²) in [6.07, 6.45) is 7.28. The highest BCUT2D eigenvalue weighted by atomic mass is 16.5. The molecule has 2 fully saturated rings. The second-order valence-electron chi connectivity index (χ2n) is 6.46. The monoisotopic (exact) mass is 301 g/mol. The molecule has 2 bridgehead atoms. The molecule has 3 atom stereocenters. The molecule has 2 saturated carbocycles. The van der Waals surface area contributed by atoms with Crippen molar-refractivity contribution in [3.8, 4) is 11.5 Å². The van der Waals surface area contributed by atoms with Gasteiger partial charge in [0.05, 0.1) is 6.26 Å². The van der Waals surface area contributed by atoms with Gasteiger partial charge < -0.3 is 13.7 Å². The average molecular weight is 301 g/mol. The Hall–Kier alpha value is -2.04. The molecule has 116 valence electrons. The summed E-state index contributed by atoms with van der Waals surface area (Å²) in [5.74, 6) is 3.17. The van der Waals surface area contributed by atoms with Gasteiger partial charge in [0.25, 0.3) is 0 Å². The Morgan fingerprint density at radius 2 is 2.27 bits per heavy atom. The van der Waals surface area contributed by atoms with Crippen molar-refractivity contribution in [1.29, 1.82) is 0 Å². The second-order valence-corrected chi connectivity index (χ2v) is 6.46. The van der Waals surface area contributed by atoms with Crippen LogP contribution in [0.2, 0.25) is 0 Å². The van der Waals surface area contributed by atoms with Crippen LogP contribution in [0.15, 0.2) is 33.4 Å². The summed E-state index contributed by atoms with van der Waals surface area (Å²) >= 11 is 0. The van der Waals surface area contributed by atoms with Gasteiger partial charge >= 0.3 is 5.97 Å². The van der Waals surface area contributed by atoms with E-state index in [0.717, 1.165) is 11.8 Å². The van der Waals surface area contributed by atoms with Crippen LogP contribution in [0.3, 0.4) is 0 Å². The fourth-order valence-corrected chi connectivity index (χ4v) is 3.97. The maximum Gasteiger partial charge on any atom is 0.306 e. The summed E-state index contributed by atoms with van der Waals surface area (Å²) in [5.41, 5.74) is 0.604. The fourth-order valence-electron chi connectivity index (χ4n) is 3.97. The van der Waals surface area contributed by atoms with Crippen LogP contribution in [0.4, 0.5) is 0 Å². The van der Waals surface area contributed by atoms with Crippen LogP contribution in [0.5, 0.6) is 0 Å². The third-order valence-corrected chi connectivity index (χ3v) is 5.02. The first-order valence-corrected chi connectivity index (χ1v) is 7.93. The zero-order chi connectivity index (χ0) is 14.9. The van der Waals surface area contributed by atoms with Crippen molar-refractivity contribution < 1.29 is 18.5 Å². The maximum absolute atomic E-state index is 12.0. The molecule has 0 unspecified atom stereocenters. The number of carbonyl (C=O) groups is 1. The highest BCUT2D eigenvalue weighted by Gasteiger charge is 2.40. The molecule has 0 N–H and O–H groups in total. The average Bonchev–Trinajstić information content (AvgIpc) is 3.27. The molecule has 0 amide bonds. The van der Waals surface area contributed by atoms with Gasteiger partial charge in [0, 0.05) is 12.5 Å². The minimum Gasteiger partial charge on any atom is -0.461 e. The van der Waals surface area contributed by atoms with Gasteiger partial charge in [-0.25, -0.2) is 0 Å². The molecule has 2 aromatic heterocycles. The third-order valence-electron chi connectivity index (χ3n) is 5.02. The summed E-state index contributed by atoms with van der Waals surface area (Å²) in [6.45, 7) is 0.157. The number of furan rings is 1. The Morgan fingerprint density at radius 3 is 3.00 bits per heavy atom. The first kappa shape index (κ1) is 13.6. The third kappa shape index (κ3) is 2.67. The predicted octanol–water partition coefficient (Wildman–Crippen LogP) is 3.80. The first-order chi connectivity index (χ1) is 10.8. The smallest absolute Gasteiger partial charge is 0.306 e. The Morgan fingerprint density at radius 1 is 1.32 bits per heavy atom. The first-order valence-electron chi connectivity index (χ1n) is 7.93. The van der Waals surface area contributed by atoms with Gasteiger partial charge in [0.1, 0.15) is 12.3 Å². The molecule has 5 nitrogen and oxygen atoms in total. The van der Waals surface area contributed by atoms with Gasteiger partial charge in [-0.15, -0.1) is 0 Å². The molecular weight excluding hydrogens is 282 g/mol. The molecule has 2 aliphatic rings. The molecule has 2 aromatic rings. The number of esters is 1. The predicted molar refractivity (Wildman–Crippen MR) is 77.6 cm³/mol. The van der Waals surface area contributed by atoms with Crippen molar-refractivity contribution >= 4 is 5.97 Å². The maximum atomic E-state index is 12.0. The molecular formula is C17H19NO4. The highest BCUT2D eigenvalue weighted by Crippen LogP contribution is 2.49. The van der Waals surface area contributed by atoms with Gasteiger partial charge in [-0.05, 0) is 49.1 Å². The minimum absolute atomic E-state index is 0.125. The van der Waals surface area contributed by atoms with E-state index in [0.29, 0.717) is 29.6 Å². The zero-order valence-electron chi connectivity index (χ0n) is 12.4. The SMILES string of the molecule is O=C(C[C@H]1C[C@H]2CC[C@@H]1C2)OCc1cc(-c2ccco2)on1. The molecule has 0 saturated heterocycles. The van der Waals surface area contributed by atoms with Gasteiger partial charge in [-0.3, -0.25) is 4.79 Å². The summed E-state index contributed by atoms with van der Waals surface area (Å²) in [7, 11) is 0. The quantitative estimate of drug-likeness (QED) is 0.786. The molecule has 0 radical (unpaired) electrons. The number of carbonyl (C=O) groups excluding carboxylic acids is 1. The standard InChI is InChI=1S/C17H19NO4/c19-17(8-13-7-11-3-4-12(13)6-11)21-10-14-9-16(22-18-14)15-2-1-5-20-15/h1-2,5,9,11-13H,3-4,6-8,10H2/t11-,12+,13+/m0/s1. The van der Waals surface area contributed by atoms with E-state index < -0.39 is 0 Å². The van der Waals surface area contributed by atoms with Crippen molar-refractivity contribution in [2.45, 2.75) is 38.7 Å². The Kier molecular flexibility index (Phi) is 3.48. The molecule has 2 aliphatic carbocycles. The topological polar surface area (TPSA) is 65.5 Å².